The van der Waals surface area contributed by atoms with E-state index < -0.39 is 0 Å². The molecule has 3 rings (SSSR count). The number of aryl methyl sites for hydroxylation is 1. The van der Waals surface area contributed by atoms with E-state index in [1.807, 2.05) is 25.1 Å². The van der Waals surface area contributed by atoms with Crippen LogP contribution in [0, 0.1) is 6.92 Å². The molecule has 134 valence electrons. The van der Waals surface area contributed by atoms with E-state index in [0.717, 1.165) is 38.1 Å². The molecule has 2 aromatic rings. The number of halogens is 1. The Morgan fingerprint density at radius 1 is 1.44 bits per heavy atom. The second kappa shape index (κ2) is 8.81. The predicted molar refractivity (Wildman–Crippen MR) is 103 cm³/mol. The minimum absolute atomic E-state index is 0.0182. The Morgan fingerprint density at radius 2 is 2.32 bits per heavy atom. The van der Waals surface area contributed by atoms with E-state index >= 15 is 0 Å². The first-order valence-electron chi connectivity index (χ1n) is 8.63. The van der Waals surface area contributed by atoms with Crippen molar-refractivity contribution >= 4 is 34.5 Å². The number of carbonyl (C=O) groups excluding carboxylic acids is 1. The number of anilines is 1. The van der Waals surface area contributed by atoms with Gasteiger partial charge in [-0.2, -0.15) is 0 Å². The Balaban J connectivity index is 1.62. The quantitative estimate of drug-likeness (QED) is 0.776. The van der Waals surface area contributed by atoms with Gasteiger partial charge in [-0.3, -0.25) is 4.79 Å². The van der Waals surface area contributed by atoms with Gasteiger partial charge in [0.1, 0.15) is 19.2 Å². The highest BCUT2D eigenvalue weighted by Crippen LogP contribution is 2.22. The van der Waals surface area contributed by atoms with E-state index in [1.165, 1.54) is 9.78 Å². The van der Waals surface area contributed by atoms with E-state index in [1.54, 1.807) is 11.3 Å². The van der Waals surface area contributed by atoms with E-state index in [-0.39, 0.29) is 12.0 Å². The molecule has 2 atom stereocenters. The molecule has 0 radical (unpaired) electrons. The summed E-state index contributed by atoms with van der Waals surface area (Å²) in [6, 6.07) is 9.84. The fourth-order valence-electron chi connectivity index (χ4n) is 3.14. The molecule has 0 bridgehead atoms. The van der Waals surface area contributed by atoms with Crippen molar-refractivity contribution in [3.63, 3.8) is 0 Å². The van der Waals surface area contributed by atoms with Crippen LogP contribution in [0.2, 0.25) is 5.02 Å². The van der Waals surface area contributed by atoms with Crippen LogP contribution in [-0.4, -0.2) is 31.7 Å². The molecule has 6 heteroatoms. The third-order valence-corrected chi connectivity index (χ3v) is 5.54. The number of nitrogens with one attached hydrogen (secondary N) is 2. The Morgan fingerprint density at radius 3 is 3.00 bits per heavy atom. The maximum atomic E-state index is 12.5. The van der Waals surface area contributed by atoms with E-state index in [4.69, 9.17) is 16.3 Å². The first-order chi connectivity index (χ1) is 12.1. The first kappa shape index (κ1) is 18.4. The second-order valence-corrected chi connectivity index (χ2v) is 7.99. The third kappa shape index (κ3) is 5.54. The van der Waals surface area contributed by atoms with E-state index in [9.17, 15) is 4.79 Å². The fraction of sp³-hybridized carbons (Fsp3) is 0.421. The Kier molecular flexibility index (Phi) is 6.48. The number of amides is 1. The topological polar surface area (TPSA) is 42.8 Å². The van der Waals surface area contributed by atoms with E-state index in [2.05, 4.69) is 22.8 Å². The van der Waals surface area contributed by atoms with Crippen molar-refractivity contribution in [1.29, 1.82) is 0 Å². The molecule has 1 aromatic heterocycles. The maximum Gasteiger partial charge on any atom is 0.279 e. The van der Waals surface area contributed by atoms with Gasteiger partial charge in [-0.15, -0.1) is 11.3 Å². The third-order valence-electron chi connectivity index (χ3n) is 4.35. The molecule has 1 aromatic carbocycles. The van der Waals surface area contributed by atoms with Crippen LogP contribution in [0.15, 0.2) is 35.7 Å². The van der Waals surface area contributed by atoms with Gasteiger partial charge >= 0.3 is 0 Å². The maximum absolute atomic E-state index is 12.5. The average molecular weight is 380 g/mol. The number of carbonyl (C=O) groups is 1. The van der Waals surface area contributed by atoms with Crippen LogP contribution in [0.25, 0.3) is 0 Å². The van der Waals surface area contributed by atoms with Gasteiger partial charge in [0, 0.05) is 6.61 Å². The predicted octanol–water partition coefficient (Wildman–Crippen LogP) is 2.91. The zero-order valence-electron chi connectivity index (χ0n) is 14.4. The summed E-state index contributed by atoms with van der Waals surface area (Å²) in [4.78, 5) is 15.0. The van der Waals surface area contributed by atoms with Crippen molar-refractivity contribution in [2.75, 3.05) is 25.0 Å². The molecule has 1 amide bonds. The average Bonchev–Trinajstić information content (AvgIpc) is 3.24. The molecule has 2 heterocycles. The summed E-state index contributed by atoms with van der Waals surface area (Å²) in [6.07, 6.45) is 2.45. The summed E-state index contributed by atoms with van der Waals surface area (Å²) < 4.78 is 5.76. The van der Waals surface area contributed by atoms with Gasteiger partial charge in [-0.25, -0.2) is 0 Å². The summed E-state index contributed by atoms with van der Waals surface area (Å²) in [5.74, 6) is -0.0182. The zero-order chi connectivity index (χ0) is 17.6. The van der Waals surface area contributed by atoms with Gasteiger partial charge < -0.3 is 15.0 Å². The van der Waals surface area contributed by atoms with Crippen LogP contribution in [-0.2, 0) is 16.1 Å². The standard InChI is InChI=1S/C19H23ClN2O2S/c1-14-6-7-18(17(20)10-14)21-19(23)13-22(11-15-4-2-8-24-15)12-16-5-3-9-25-16/h3,5-7,9-10,15H,2,4,8,11-13H2,1H3,(H,21,23)/p+1/t15-/m0/s1. The lowest BCUT2D eigenvalue weighted by molar-refractivity contribution is -0.908. The number of rotatable bonds is 7. The lowest BCUT2D eigenvalue weighted by atomic mass is 10.2. The monoisotopic (exact) mass is 379 g/mol. The van der Waals surface area contributed by atoms with Crippen LogP contribution in [0.4, 0.5) is 5.69 Å². The molecule has 2 N–H and O–H groups in total. The first-order valence-corrected chi connectivity index (χ1v) is 9.89. The van der Waals surface area contributed by atoms with Crippen LogP contribution in [0.3, 0.4) is 0 Å². The summed E-state index contributed by atoms with van der Waals surface area (Å²) >= 11 is 7.95. The van der Waals surface area contributed by atoms with Gasteiger partial charge in [-0.1, -0.05) is 23.7 Å². The Bertz CT molecular complexity index is 699. The molecule has 1 aliphatic heterocycles. The Hall–Kier alpha value is -1.40. The molecule has 1 unspecified atom stereocenters. The Labute approximate surface area is 157 Å². The number of thiophene rings is 1. The largest absolute Gasteiger partial charge is 0.372 e. The number of benzene rings is 1. The summed E-state index contributed by atoms with van der Waals surface area (Å²) in [6.45, 7) is 4.91. The zero-order valence-corrected chi connectivity index (χ0v) is 16.0. The fourth-order valence-corrected chi connectivity index (χ4v) is 4.20. The number of ether oxygens (including phenoxy) is 1. The molecular formula is C19H24ClN2O2S+. The number of hydrogen-bond donors (Lipinski definition) is 2. The molecule has 1 fully saturated rings. The van der Waals surface area contributed by atoms with Crippen molar-refractivity contribution < 1.29 is 14.4 Å². The van der Waals surface area contributed by atoms with Gasteiger partial charge in [0.2, 0.25) is 0 Å². The van der Waals surface area contributed by atoms with Crippen molar-refractivity contribution in [3.05, 3.63) is 51.2 Å². The van der Waals surface area contributed by atoms with Gasteiger partial charge in [-0.05, 0) is 48.9 Å². The molecule has 25 heavy (non-hydrogen) atoms. The highest BCUT2D eigenvalue weighted by Gasteiger charge is 2.24. The minimum atomic E-state index is -0.0182. The molecule has 0 saturated carbocycles. The highest BCUT2D eigenvalue weighted by molar-refractivity contribution is 7.09. The smallest absolute Gasteiger partial charge is 0.279 e. The van der Waals surface area contributed by atoms with Gasteiger partial charge in [0.05, 0.1) is 15.6 Å². The molecule has 0 spiro atoms. The number of hydrogen-bond acceptors (Lipinski definition) is 3. The minimum Gasteiger partial charge on any atom is -0.372 e. The van der Waals surface area contributed by atoms with Crippen molar-refractivity contribution in [3.8, 4) is 0 Å². The SMILES string of the molecule is Cc1ccc(NC(=O)C[NH+](Cc2cccs2)C[C@@H]2CCCO2)c(Cl)c1. The lowest BCUT2D eigenvalue weighted by Gasteiger charge is -2.21. The molecule has 4 nitrogen and oxygen atoms in total. The second-order valence-electron chi connectivity index (χ2n) is 6.55. The molecular weight excluding hydrogens is 356 g/mol. The van der Waals surface area contributed by atoms with Crippen LogP contribution >= 0.6 is 22.9 Å². The van der Waals surface area contributed by atoms with Crippen molar-refractivity contribution in [2.24, 2.45) is 0 Å². The lowest BCUT2D eigenvalue weighted by Crippen LogP contribution is -3.12. The van der Waals surface area contributed by atoms with Crippen molar-refractivity contribution in [1.82, 2.24) is 0 Å². The summed E-state index contributed by atoms with van der Waals surface area (Å²) in [5.41, 5.74) is 1.75. The molecule has 0 aliphatic carbocycles. The molecule has 1 saturated heterocycles. The number of quaternary nitrogens is 1. The van der Waals surface area contributed by atoms with Crippen molar-refractivity contribution in [2.45, 2.75) is 32.4 Å². The van der Waals surface area contributed by atoms with Gasteiger partial charge in [0.25, 0.3) is 5.91 Å². The molecule has 1 aliphatic rings. The van der Waals surface area contributed by atoms with E-state index in [0.29, 0.717) is 17.3 Å². The highest BCUT2D eigenvalue weighted by atomic mass is 35.5. The summed E-state index contributed by atoms with van der Waals surface area (Å²) in [7, 11) is 0. The normalized spacial score (nSPS) is 18.2. The van der Waals surface area contributed by atoms with Crippen LogP contribution in [0.5, 0.6) is 0 Å². The van der Waals surface area contributed by atoms with Crippen LogP contribution < -0.4 is 10.2 Å². The summed E-state index contributed by atoms with van der Waals surface area (Å²) in [5, 5.41) is 5.59. The van der Waals surface area contributed by atoms with Crippen LogP contribution in [0.1, 0.15) is 23.3 Å². The van der Waals surface area contributed by atoms with Gasteiger partial charge in [0.15, 0.2) is 6.54 Å².